The van der Waals surface area contributed by atoms with Crippen LogP contribution in [0.5, 0.6) is 0 Å². The van der Waals surface area contributed by atoms with E-state index in [9.17, 15) is 14.9 Å². The molecular formula is C12H7BrClN3O3. The molecule has 1 aromatic heterocycles. The molecule has 1 aromatic carbocycles. The van der Waals surface area contributed by atoms with Crippen LogP contribution >= 0.6 is 27.5 Å². The highest BCUT2D eigenvalue weighted by molar-refractivity contribution is 9.10. The molecule has 1 heterocycles. The third kappa shape index (κ3) is 3.12. The van der Waals surface area contributed by atoms with E-state index in [4.69, 9.17) is 11.6 Å². The van der Waals surface area contributed by atoms with Crippen molar-refractivity contribution in [3.05, 3.63) is 61.8 Å². The molecule has 2 rings (SSSR count). The zero-order valence-corrected chi connectivity index (χ0v) is 12.2. The van der Waals surface area contributed by atoms with Crippen molar-refractivity contribution in [2.45, 2.75) is 0 Å². The van der Waals surface area contributed by atoms with Crippen LogP contribution in [0.3, 0.4) is 0 Å². The number of anilines is 1. The number of para-hydroxylation sites is 1. The van der Waals surface area contributed by atoms with E-state index >= 15 is 0 Å². The average molecular weight is 357 g/mol. The van der Waals surface area contributed by atoms with Gasteiger partial charge in [0.25, 0.3) is 5.91 Å². The molecule has 8 heteroatoms. The van der Waals surface area contributed by atoms with Crippen molar-refractivity contribution in [3.8, 4) is 0 Å². The van der Waals surface area contributed by atoms with Gasteiger partial charge in [-0.05, 0) is 40.2 Å². The van der Waals surface area contributed by atoms with Crippen LogP contribution in [0.15, 0.2) is 41.1 Å². The minimum atomic E-state index is -0.683. The number of rotatable bonds is 3. The molecule has 0 atom stereocenters. The molecule has 6 nitrogen and oxygen atoms in total. The Hall–Kier alpha value is -1.99. The van der Waals surface area contributed by atoms with Gasteiger partial charge in [-0.15, -0.1) is 0 Å². The highest BCUT2D eigenvalue weighted by Gasteiger charge is 2.23. The molecular weight excluding hydrogens is 350 g/mol. The maximum atomic E-state index is 12.1. The number of pyridine rings is 1. The number of benzene rings is 1. The summed E-state index contributed by atoms with van der Waals surface area (Å²) in [4.78, 5) is 26.3. The van der Waals surface area contributed by atoms with Crippen LogP contribution in [0, 0.1) is 10.1 Å². The topological polar surface area (TPSA) is 85.1 Å². The largest absolute Gasteiger partial charge is 0.320 e. The molecule has 1 amide bonds. The summed E-state index contributed by atoms with van der Waals surface area (Å²) in [6.07, 6.45) is 1.43. The maximum absolute atomic E-state index is 12.1. The Morgan fingerprint density at radius 2 is 2.10 bits per heavy atom. The van der Waals surface area contributed by atoms with Crippen molar-refractivity contribution in [1.29, 1.82) is 0 Å². The standard InChI is InChI=1S/C12H7BrClN3O3/c13-10-5-4-7(6-15-10)16-12(18)8-2-1-3-9(14)11(8)17(19)20/h1-6H,(H,16,18). The van der Waals surface area contributed by atoms with Crippen LogP contribution in [0.4, 0.5) is 11.4 Å². The number of nitro groups is 1. The molecule has 0 aliphatic rings. The summed E-state index contributed by atoms with van der Waals surface area (Å²) in [5, 5.41) is 13.4. The summed E-state index contributed by atoms with van der Waals surface area (Å²) in [6, 6.07) is 7.43. The van der Waals surface area contributed by atoms with Crippen molar-refractivity contribution < 1.29 is 9.72 Å². The number of nitrogens with one attached hydrogen (secondary N) is 1. The van der Waals surface area contributed by atoms with Gasteiger partial charge in [0.1, 0.15) is 15.2 Å². The molecule has 0 saturated heterocycles. The summed E-state index contributed by atoms with van der Waals surface area (Å²) >= 11 is 8.92. The maximum Gasteiger partial charge on any atom is 0.300 e. The van der Waals surface area contributed by atoms with E-state index < -0.39 is 16.5 Å². The van der Waals surface area contributed by atoms with Gasteiger partial charge in [-0.1, -0.05) is 17.7 Å². The van der Waals surface area contributed by atoms with Gasteiger partial charge in [0.15, 0.2) is 0 Å². The van der Waals surface area contributed by atoms with Crippen LogP contribution in [0.1, 0.15) is 10.4 Å². The van der Waals surface area contributed by atoms with E-state index in [-0.39, 0.29) is 10.6 Å². The number of nitrogens with zero attached hydrogens (tertiary/aromatic N) is 2. The van der Waals surface area contributed by atoms with Crippen LogP contribution in [-0.2, 0) is 0 Å². The van der Waals surface area contributed by atoms with Gasteiger partial charge < -0.3 is 5.32 Å². The van der Waals surface area contributed by atoms with Crippen LogP contribution in [-0.4, -0.2) is 15.8 Å². The van der Waals surface area contributed by atoms with E-state index in [0.717, 1.165) is 0 Å². The van der Waals surface area contributed by atoms with Gasteiger partial charge in [0.05, 0.1) is 16.8 Å². The third-order valence-corrected chi connectivity index (χ3v) is 3.17. The molecule has 20 heavy (non-hydrogen) atoms. The van der Waals surface area contributed by atoms with E-state index in [1.807, 2.05) is 0 Å². The summed E-state index contributed by atoms with van der Waals surface area (Å²) in [5.74, 6) is -0.622. The second-order valence-electron chi connectivity index (χ2n) is 3.72. The third-order valence-electron chi connectivity index (χ3n) is 2.40. The first kappa shape index (κ1) is 14.4. The lowest BCUT2D eigenvalue weighted by atomic mass is 10.1. The number of hydrogen-bond donors (Lipinski definition) is 1. The Bertz CT molecular complexity index is 676. The lowest BCUT2D eigenvalue weighted by Crippen LogP contribution is -2.14. The first-order chi connectivity index (χ1) is 9.49. The molecule has 0 radical (unpaired) electrons. The number of halogens is 2. The Balaban J connectivity index is 2.32. The van der Waals surface area contributed by atoms with Gasteiger partial charge in [-0.25, -0.2) is 4.98 Å². The highest BCUT2D eigenvalue weighted by Crippen LogP contribution is 2.28. The summed E-state index contributed by atoms with van der Waals surface area (Å²) in [6.45, 7) is 0. The van der Waals surface area contributed by atoms with Crippen molar-refractivity contribution >= 4 is 44.8 Å². The fraction of sp³-hybridized carbons (Fsp3) is 0. The second kappa shape index (κ2) is 5.98. The van der Waals surface area contributed by atoms with Crippen molar-refractivity contribution in [2.24, 2.45) is 0 Å². The SMILES string of the molecule is O=C(Nc1ccc(Br)nc1)c1cccc(Cl)c1[N+](=O)[O-]. The van der Waals surface area contributed by atoms with Gasteiger partial charge in [-0.3, -0.25) is 14.9 Å². The van der Waals surface area contributed by atoms with Crippen LogP contribution in [0.25, 0.3) is 0 Å². The Labute approximate surface area is 127 Å². The first-order valence-electron chi connectivity index (χ1n) is 5.35. The molecule has 0 bridgehead atoms. The quantitative estimate of drug-likeness (QED) is 0.516. The van der Waals surface area contributed by atoms with Crippen molar-refractivity contribution in [2.75, 3.05) is 5.32 Å². The zero-order chi connectivity index (χ0) is 14.7. The molecule has 102 valence electrons. The molecule has 1 N–H and O–H groups in total. The predicted octanol–water partition coefficient (Wildman–Crippen LogP) is 3.66. The number of nitro benzene ring substituents is 1. The van der Waals surface area contributed by atoms with Crippen molar-refractivity contribution in [3.63, 3.8) is 0 Å². The second-order valence-corrected chi connectivity index (χ2v) is 4.94. The van der Waals surface area contributed by atoms with Crippen LogP contribution < -0.4 is 5.32 Å². The Morgan fingerprint density at radius 3 is 2.70 bits per heavy atom. The molecule has 0 unspecified atom stereocenters. The smallest absolute Gasteiger partial charge is 0.300 e. The summed E-state index contributed by atoms with van der Waals surface area (Å²) in [5.41, 5.74) is -0.102. The minimum Gasteiger partial charge on any atom is -0.320 e. The number of carbonyl (C=O) groups is 1. The Morgan fingerprint density at radius 1 is 1.35 bits per heavy atom. The van der Waals surface area contributed by atoms with E-state index in [2.05, 4.69) is 26.2 Å². The number of aromatic nitrogens is 1. The van der Waals surface area contributed by atoms with Gasteiger partial charge in [0, 0.05) is 0 Å². The molecule has 0 spiro atoms. The lowest BCUT2D eigenvalue weighted by Gasteiger charge is -2.06. The molecule has 0 saturated carbocycles. The van der Waals surface area contributed by atoms with Gasteiger partial charge in [0.2, 0.25) is 0 Å². The minimum absolute atomic E-state index is 0.0865. The highest BCUT2D eigenvalue weighted by atomic mass is 79.9. The summed E-state index contributed by atoms with van der Waals surface area (Å²) in [7, 11) is 0. The van der Waals surface area contributed by atoms with Crippen LogP contribution in [0.2, 0.25) is 5.02 Å². The molecule has 2 aromatic rings. The molecule has 0 aliphatic heterocycles. The van der Waals surface area contributed by atoms with Crippen molar-refractivity contribution in [1.82, 2.24) is 4.98 Å². The fourth-order valence-corrected chi connectivity index (χ4v) is 2.01. The number of hydrogen-bond acceptors (Lipinski definition) is 4. The fourth-order valence-electron chi connectivity index (χ4n) is 1.53. The average Bonchev–Trinajstić information content (AvgIpc) is 2.40. The lowest BCUT2D eigenvalue weighted by molar-refractivity contribution is -0.385. The number of carbonyl (C=O) groups excluding carboxylic acids is 1. The Kier molecular flexibility index (Phi) is 4.31. The molecule has 0 aliphatic carbocycles. The number of amides is 1. The first-order valence-corrected chi connectivity index (χ1v) is 6.52. The van der Waals surface area contributed by atoms with E-state index in [0.29, 0.717) is 10.3 Å². The normalized spacial score (nSPS) is 10.1. The van der Waals surface area contributed by atoms with Gasteiger partial charge in [-0.2, -0.15) is 0 Å². The summed E-state index contributed by atoms with van der Waals surface area (Å²) < 4.78 is 0.615. The van der Waals surface area contributed by atoms with E-state index in [1.54, 1.807) is 12.1 Å². The van der Waals surface area contributed by atoms with E-state index in [1.165, 1.54) is 24.4 Å². The monoisotopic (exact) mass is 355 g/mol. The predicted molar refractivity (Wildman–Crippen MR) is 78.0 cm³/mol. The van der Waals surface area contributed by atoms with Gasteiger partial charge >= 0.3 is 5.69 Å². The molecule has 0 fully saturated rings. The zero-order valence-electron chi connectivity index (χ0n) is 9.84.